The van der Waals surface area contributed by atoms with Crippen LogP contribution < -0.4 is 10.9 Å². The molecule has 2 amide bonds. The normalized spacial score (nSPS) is 16.2. The summed E-state index contributed by atoms with van der Waals surface area (Å²) >= 11 is 0. The highest BCUT2D eigenvalue weighted by molar-refractivity contribution is 5.87. The number of hydrogen-bond acceptors (Lipinski definition) is 3. The summed E-state index contributed by atoms with van der Waals surface area (Å²) in [6.45, 7) is 3.66. The summed E-state index contributed by atoms with van der Waals surface area (Å²) in [7, 11) is 0. The van der Waals surface area contributed by atoms with Crippen LogP contribution >= 0.6 is 0 Å². The quantitative estimate of drug-likeness (QED) is 0.819. The maximum atomic E-state index is 13.6. The van der Waals surface area contributed by atoms with Crippen LogP contribution in [-0.2, 0) is 9.59 Å². The van der Waals surface area contributed by atoms with Crippen molar-refractivity contribution in [3.8, 4) is 0 Å². The van der Waals surface area contributed by atoms with Crippen LogP contribution in [0.5, 0.6) is 0 Å². The third-order valence-electron chi connectivity index (χ3n) is 4.85. The maximum Gasteiger partial charge on any atom is 0.261 e. The molecular formula is C18H22F2N4O2. The predicted octanol–water partition coefficient (Wildman–Crippen LogP) is 2.85. The second kappa shape index (κ2) is 7.39. The lowest BCUT2D eigenvalue weighted by Crippen LogP contribution is -2.47. The van der Waals surface area contributed by atoms with Gasteiger partial charge in [0, 0.05) is 18.1 Å². The molecule has 0 spiro atoms. The average Bonchev–Trinajstić information content (AvgIpc) is 3.24. The van der Waals surface area contributed by atoms with Gasteiger partial charge >= 0.3 is 0 Å². The van der Waals surface area contributed by atoms with Gasteiger partial charge in [0.1, 0.15) is 6.04 Å². The van der Waals surface area contributed by atoms with Gasteiger partial charge in [-0.3, -0.25) is 20.4 Å². The highest BCUT2D eigenvalue weighted by Crippen LogP contribution is 2.26. The third kappa shape index (κ3) is 3.54. The minimum absolute atomic E-state index is 0.0704. The van der Waals surface area contributed by atoms with E-state index in [0.29, 0.717) is 5.52 Å². The molecule has 1 aromatic heterocycles. The number of rotatable bonds is 4. The Hall–Kier alpha value is -2.51. The number of aromatic nitrogens is 2. The van der Waals surface area contributed by atoms with E-state index in [2.05, 4.69) is 15.8 Å². The van der Waals surface area contributed by atoms with E-state index in [1.165, 1.54) is 10.9 Å². The first-order valence-corrected chi connectivity index (χ1v) is 8.79. The fraction of sp³-hybridized carbons (Fsp3) is 0.500. The van der Waals surface area contributed by atoms with Crippen molar-refractivity contribution in [2.75, 3.05) is 0 Å². The van der Waals surface area contributed by atoms with E-state index < -0.39 is 23.6 Å². The second-order valence-corrected chi connectivity index (χ2v) is 7.06. The summed E-state index contributed by atoms with van der Waals surface area (Å²) in [6, 6.07) is 1.30. The predicted molar refractivity (Wildman–Crippen MR) is 91.8 cm³/mol. The first kappa shape index (κ1) is 18.3. The van der Waals surface area contributed by atoms with Crippen LogP contribution in [-0.4, -0.2) is 21.4 Å². The number of benzene rings is 1. The number of amides is 2. The maximum absolute atomic E-state index is 13.6. The largest absolute Gasteiger partial charge is 0.317 e. The van der Waals surface area contributed by atoms with Gasteiger partial charge in [0.2, 0.25) is 5.91 Å². The molecule has 0 saturated heterocycles. The zero-order chi connectivity index (χ0) is 18.8. The van der Waals surface area contributed by atoms with Gasteiger partial charge in [-0.15, -0.1) is 0 Å². The number of imidazole rings is 1. The molecule has 1 unspecified atom stereocenters. The zero-order valence-corrected chi connectivity index (χ0v) is 14.8. The molecule has 1 atom stereocenters. The van der Waals surface area contributed by atoms with Gasteiger partial charge in [0.15, 0.2) is 11.6 Å². The van der Waals surface area contributed by atoms with Crippen LogP contribution in [0.4, 0.5) is 8.78 Å². The fourth-order valence-corrected chi connectivity index (χ4v) is 3.48. The highest BCUT2D eigenvalue weighted by atomic mass is 19.2. The van der Waals surface area contributed by atoms with Crippen LogP contribution in [0.25, 0.3) is 11.0 Å². The second-order valence-electron chi connectivity index (χ2n) is 7.06. The minimum atomic E-state index is -1.00. The van der Waals surface area contributed by atoms with Crippen molar-refractivity contribution in [2.24, 2.45) is 11.8 Å². The summed E-state index contributed by atoms with van der Waals surface area (Å²) < 4.78 is 28.5. The van der Waals surface area contributed by atoms with Gasteiger partial charge in [-0.2, -0.15) is 0 Å². The molecule has 140 valence electrons. The Balaban J connectivity index is 1.79. The van der Waals surface area contributed by atoms with E-state index in [-0.39, 0.29) is 23.3 Å². The number of halogens is 2. The Labute approximate surface area is 149 Å². The van der Waals surface area contributed by atoms with Crippen molar-refractivity contribution in [2.45, 2.75) is 45.6 Å². The monoisotopic (exact) mass is 364 g/mol. The average molecular weight is 364 g/mol. The van der Waals surface area contributed by atoms with Crippen molar-refractivity contribution in [3.63, 3.8) is 0 Å². The number of hydrazine groups is 1. The number of hydrogen-bond donors (Lipinski definition) is 2. The van der Waals surface area contributed by atoms with Crippen molar-refractivity contribution in [1.82, 2.24) is 20.4 Å². The Morgan fingerprint density at radius 3 is 2.46 bits per heavy atom. The SMILES string of the molecule is CC(C)C(C(=O)NNC(=O)C1CCCC1)n1cnc2cc(F)c(F)cc21. The van der Waals surface area contributed by atoms with Crippen LogP contribution in [0.15, 0.2) is 18.5 Å². The van der Waals surface area contributed by atoms with Gasteiger partial charge in [-0.25, -0.2) is 13.8 Å². The molecule has 0 bridgehead atoms. The highest BCUT2D eigenvalue weighted by Gasteiger charge is 2.28. The van der Waals surface area contributed by atoms with Crippen LogP contribution in [0, 0.1) is 23.5 Å². The lowest BCUT2D eigenvalue weighted by Gasteiger charge is -2.23. The van der Waals surface area contributed by atoms with E-state index >= 15 is 0 Å². The Kier molecular flexibility index (Phi) is 5.20. The standard InChI is InChI=1S/C18H22F2N4O2/c1-10(2)16(18(26)23-22-17(25)11-5-3-4-6-11)24-9-21-14-7-12(19)13(20)8-15(14)24/h7-11,16H,3-6H2,1-2H3,(H,22,25)(H,23,26). The summed E-state index contributed by atoms with van der Waals surface area (Å²) in [6.07, 6.45) is 5.07. The minimum Gasteiger partial charge on any atom is -0.317 e. The van der Waals surface area contributed by atoms with Crippen molar-refractivity contribution >= 4 is 22.8 Å². The molecule has 8 heteroatoms. The van der Waals surface area contributed by atoms with Gasteiger partial charge < -0.3 is 4.57 Å². The summed E-state index contributed by atoms with van der Waals surface area (Å²) in [4.78, 5) is 28.8. The number of nitrogens with one attached hydrogen (secondary N) is 2. The van der Waals surface area contributed by atoms with Gasteiger partial charge in [0.05, 0.1) is 17.4 Å². The first-order valence-electron chi connectivity index (χ1n) is 8.79. The lowest BCUT2D eigenvalue weighted by atomic mass is 10.0. The molecule has 0 aliphatic heterocycles. The van der Waals surface area contributed by atoms with Crippen LogP contribution in [0.2, 0.25) is 0 Å². The number of nitrogens with zero attached hydrogens (tertiary/aromatic N) is 2. The molecule has 2 aromatic rings. The molecule has 2 N–H and O–H groups in total. The molecule has 1 aromatic carbocycles. The summed E-state index contributed by atoms with van der Waals surface area (Å²) in [5.74, 6) is -2.85. The Morgan fingerprint density at radius 1 is 1.15 bits per heavy atom. The fourth-order valence-electron chi connectivity index (χ4n) is 3.48. The van der Waals surface area contributed by atoms with E-state index in [1.54, 1.807) is 0 Å². The first-order chi connectivity index (χ1) is 12.4. The number of fused-ring (bicyclic) bond motifs is 1. The topological polar surface area (TPSA) is 76.0 Å². The van der Waals surface area contributed by atoms with Crippen LogP contribution in [0.1, 0.15) is 45.6 Å². The Bertz CT molecular complexity index is 828. The van der Waals surface area contributed by atoms with Gasteiger partial charge in [-0.05, 0) is 18.8 Å². The smallest absolute Gasteiger partial charge is 0.261 e. The summed E-state index contributed by atoms with van der Waals surface area (Å²) in [5, 5.41) is 0. The molecule has 1 aliphatic carbocycles. The van der Waals surface area contributed by atoms with E-state index in [1.807, 2.05) is 13.8 Å². The molecular weight excluding hydrogens is 342 g/mol. The molecule has 6 nitrogen and oxygen atoms in total. The van der Waals surface area contributed by atoms with Crippen LogP contribution in [0.3, 0.4) is 0 Å². The van der Waals surface area contributed by atoms with E-state index in [0.717, 1.165) is 37.8 Å². The Morgan fingerprint density at radius 2 is 1.81 bits per heavy atom. The molecule has 1 aliphatic rings. The summed E-state index contributed by atoms with van der Waals surface area (Å²) in [5.41, 5.74) is 5.53. The van der Waals surface area contributed by atoms with E-state index in [9.17, 15) is 18.4 Å². The molecule has 1 fully saturated rings. The third-order valence-corrected chi connectivity index (χ3v) is 4.85. The number of carbonyl (C=O) groups is 2. The van der Waals surface area contributed by atoms with Crippen molar-refractivity contribution < 1.29 is 18.4 Å². The molecule has 3 rings (SSSR count). The van der Waals surface area contributed by atoms with E-state index in [4.69, 9.17) is 0 Å². The van der Waals surface area contributed by atoms with Crippen molar-refractivity contribution in [3.05, 3.63) is 30.1 Å². The molecule has 26 heavy (non-hydrogen) atoms. The lowest BCUT2D eigenvalue weighted by molar-refractivity contribution is -0.133. The zero-order valence-electron chi connectivity index (χ0n) is 14.8. The van der Waals surface area contributed by atoms with Crippen molar-refractivity contribution in [1.29, 1.82) is 0 Å². The molecule has 1 saturated carbocycles. The van der Waals surface area contributed by atoms with Gasteiger partial charge in [0.25, 0.3) is 5.91 Å². The van der Waals surface area contributed by atoms with Gasteiger partial charge in [-0.1, -0.05) is 26.7 Å². The molecule has 1 heterocycles. The number of carbonyl (C=O) groups excluding carboxylic acids is 2. The molecule has 0 radical (unpaired) electrons.